The normalized spacial score (nSPS) is 10.7. The van der Waals surface area contributed by atoms with Crippen molar-refractivity contribution in [2.24, 2.45) is 5.16 Å². The van der Waals surface area contributed by atoms with Gasteiger partial charge in [0.25, 0.3) is 5.91 Å². The van der Waals surface area contributed by atoms with Crippen LogP contribution in [0, 0.1) is 11.3 Å². The van der Waals surface area contributed by atoms with Crippen molar-refractivity contribution < 1.29 is 14.4 Å². The number of nitrogens with one attached hydrogen (secondary N) is 1. The number of nitriles is 1. The molecule has 0 bridgehead atoms. The van der Waals surface area contributed by atoms with Crippen LogP contribution < -0.4 is 5.32 Å². The largest absolute Gasteiger partial charge is 0.386 e. The van der Waals surface area contributed by atoms with Crippen LogP contribution in [0.15, 0.2) is 53.7 Å². The van der Waals surface area contributed by atoms with E-state index in [1.54, 1.807) is 36.4 Å². The smallest absolute Gasteiger partial charge is 0.288 e. The van der Waals surface area contributed by atoms with Crippen LogP contribution in [0.3, 0.4) is 0 Å². The van der Waals surface area contributed by atoms with E-state index in [0.717, 1.165) is 0 Å². The molecular weight excluding hydrogens is 365 g/mol. The summed E-state index contributed by atoms with van der Waals surface area (Å²) in [5, 5.41) is 15.5. The Morgan fingerprint density at radius 3 is 2.36 bits per heavy atom. The number of nitrogens with zero attached hydrogens (tertiary/aromatic N) is 2. The second kappa shape index (κ2) is 8.83. The van der Waals surface area contributed by atoms with Gasteiger partial charge in [0.2, 0.25) is 11.5 Å². The maximum atomic E-state index is 12.0. The number of rotatable bonds is 6. The number of ketones is 1. The monoisotopic (exact) mass is 375 g/mol. The Hall–Kier alpha value is -2.88. The molecule has 0 aliphatic heterocycles. The number of benzene rings is 2. The van der Waals surface area contributed by atoms with E-state index in [4.69, 9.17) is 33.3 Å². The minimum Gasteiger partial charge on any atom is -0.386 e. The van der Waals surface area contributed by atoms with Crippen molar-refractivity contribution >= 4 is 46.3 Å². The van der Waals surface area contributed by atoms with Gasteiger partial charge in [0.05, 0.1) is 0 Å². The van der Waals surface area contributed by atoms with E-state index in [1.165, 1.54) is 18.2 Å². The molecule has 1 amide bonds. The van der Waals surface area contributed by atoms with Gasteiger partial charge in [-0.3, -0.25) is 9.59 Å². The highest BCUT2D eigenvalue weighted by atomic mass is 35.5. The molecule has 126 valence electrons. The Morgan fingerprint density at radius 1 is 1.12 bits per heavy atom. The van der Waals surface area contributed by atoms with Crippen molar-refractivity contribution in [2.45, 2.75) is 0 Å². The molecule has 2 aromatic carbocycles. The lowest BCUT2D eigenvalue weighted by molar-refractivity contribution is -0.110. The van der Waals surface area contributed by atoms with E-state index in [2.05, 4.69) is 10.5 Å². The first-order valence-corrected chi connectivity index (χ1v) is 7.71. The van der Waals surface area contributed by atoms with Crippen LogP contribution in [-0.2, 0) is 9.63 Å². The van der Waals surface area contributed by atoms with E-state index in [0.29, 0.717) is 21.3 Å². The number of hydrogen-bond acceptors (Lipinski definition) is 5. The minimum atomic E-state index is -0.812. The third-order valence-corrected chi connectivity index (χ3v) is 3.33. The van der Waals surface area contributed by atoms with Crippen LogP contribution in [-0.4, -0.2) is 24.0 Å². The van der Waals surface area contributed by atoms with Crippen molar-refractivity contribution in [2.75, 3.05) is 11.9 Å². The Kier molecular flexibility index (Phi) is 6.52. The first kappa shape index (κ1) is 18.5. The predicted molar refractivity (Wildman–Crippen MR) is 94.9 cm³/mol. The molecule has 0 spiro atoms. The van der Waals surface area contributed by atoms with E-state index in [9.17, 15) is 9.59 Å². The summed E-state index contributed by atoms with van der Waals surface area (Å²) in [6, 6.07) is 14.4. The molecule has 8 heteroatoms. The van der Waals surface area contributed by atoms with Gasteiger partial charge in [-0.1, -0.05) is 58.7 Å². The molecule has 0 aliphatic rings. The maximum absolute atomic E-state index is 12.0. The predicted octanol–water partition coefficient (Wildman–Crippen LogP) is 3.71. The summed E-state index contributed by atoms with van der Waals surface area (Å²) in [5.74, 6) is -1.14. The van der Waals surface area contributed by atoms with Gasteiger partial charge in [-0.05, 0) is 18.2 Å². The second-order valence-electron chi connectivity index (χ2n) is 4.73. The second-order valence-corrected chi connectivity index (χ2v) is 5.60. The molecule has 0 atom stereocenters. The number of anilines is 1. The standard InChI is InChI=1S/C17H11Cl2N3O3/c18-12-6-13(19)8-14(7-12)21-17(24)15(9-20)22-25-10-16(23)11-4-2-1-3-5-11/h1-8H,10H2,(H,21,24). The third kappa shape index (κ3) is 5.60. The van der Waals surface area contributed by atoms with Crippen LogP contribution in [0.25, 0.3) is 0 Å². The van der Waals surface area contributed by atoms with E-state index < -0.39 is 18.2 Å². The summed E-state index contributed by atoms with van der Waals surface area (Å²) in [5.41, 5.74) is 0.192. The Morgan fingerprint density at radius 2 is 1.76 bits per heavy atom. The molecular formula is C17H11Cl2N3O3. The SMILES string of the molecule is N#CC(=NOCC(=O)c1ccccc1)C(=O)Nc1cc(Cl)cc(Cl)c1. The van der Waals surface area contributed by atoms with Crippen LogP contribution in [0.1, 0.15) is 10.4 Å². The van der Waals surface area contributed by atoms with Crippen LogP contribution >= 0.6 is 23.2 Å². The molecule has 0 radical (unpaired) electrons. The van der Waals surface area contributed by atoms with Gasteiger partial charge in [0.15, 0.2) is 6.61 Å². The Balaban J connectivity index is 1.98. The highest BCUT2D eigenvalue weighted by molar-refractivity contribution is 6.48. The zero-order valence-corrected chi connectivity index (χ0v) is 14.2. The lowest BCUT2D eigenvalue weighted by Gasteiger charge is -2.05. The molecule has 0 heterocycles. The van der Waals surface area contributed by atoms with Gasteiger partial charge in [-0.2, -0.15) is 5.26 Å². The lowest BCUT2D eigenvalue weighted by atomic mass is 10.1. The molecule has 1 N–H and O–H groups in total. The van der Waals surface area contributed by atoms with Gasteiger partial charge in [-0.25, -0.2) is 0 Å². The average Bonchev–Trinajstić information content (AvgIpc) is 2.58. The van der Waals surface area contributed by atoms with Gasteiger partial charge in [0, 0.05) is 21.3 Å². The van der Waals surface area contributed by atoms with Gasteiger partial charge in [0.1, 0.15) is 6.07 Å². The third-order valence-electron chi connectivity index (χ3n) is 2.89. The molecule has 0 aliphatic carbocycles. The van der Waals surface area contributed by atoms with Gasteiger partial charge >= 0.3 is 0 Å². The zero-order valence-electron chi connectivity index (χ0n) is 12.7. The summed E-state index contributed by atoms with van der Waals surface area (Å²) in [4.78, 5) is 28.7. The van der Waals surface area contributed by atoms with Gasteiger partial charge < -0.3 is 10.2 Å². The molecule has 0 unspecified atom stereocenters. The number of hydrogen-bond donors (Lipinski definition) is 1. The first-order chi connectivity index (χ1) is 12.0. The van der Waals surface area contributed by atoms with Crippen molar-refractivity contribution in [1.82, 2.24) is 0 Å². The summed E-state index contributed by atoms with van der Waals surface area (Å²) < 4.78 is 0. The Labute approximate surface area is 153 Å². The highest BCUT2D eigenvalue weighted by Crippen LogP contribution is 2.22. The quantitative estimate of drug-likeness (QED) is 0.473. The number of carbonyl (C=O) groups is 2. The maximum Gasteiger partial charge on any atom is 0.288 e. The van der Waals surface area contributed by atoms with Crippen molar-refractivity contribution in [1.29, 1.82) is 5.26 Å². The van der Waals surface area contributed by atoms with Crippen LogP contribution in [0.4, 0.5) is 5.69 Å². The van der Waals surface area contributed by atoms with E-state index in [-0.39, 0.29) is 5.78 Å². The zero-order chi connectivity index (χ0) is 18.2. The number of oxime groups is 1. The molecule has 0 aromatic heterocycles. The fraction of sp³-hybridized carbons (Fsp3) is 0.0588. The van der Waals surface area contributed by atoms with E-state index >= 15 is 0 Å². The molecule has 0 saturated heterocycles. The van der Waals surface area contributed by atoms with Crippen LogP contribution in [0.2, 0.25) is 10.0 Å². The fourth-order valence-corrected chi connectivity index (χ4v) is 2.32. The summed E-state index contributed by atoms with van der Waals surface area (Å²) in [6.07, 6.45) is 0. The number of halogens is 2. The molecule has 2 rings (SSSR count). The van der Waals surface area contributed by atoms with Crippen molar-refractivity contribution in [3.8, 4) is 6.07 Å². The molecule has 6 nitrogen and oxygen atoms in total. The van der Waals surface area contributed by atoms with Crippen molar-refractivity contribution in [3.63, 3.8) is 0 Å². The summed E-state index contributed by atoms with van der Waals surface area (Å²) >= 11 is 11.7. The summed E-state index contributed by atoms with van der Waals surface area (Å²) in [6.45, 7) is -0.397. The van der Waals surface area contributed by atoms with Gasteiger partial charge in [-0.15, -0.1) is 0 Å². The number of Topliss-reactive ketones (excluding diaryl/α,β-unsaturated/α-hetero) is 1. The first-order valence-electron chi connectivity index (χ1n) is 6.95. The lowest BCUT2D eigenvalue weighted by Crippen LogP contribution is -2.22. The number of carbonyl (C=O) groups excluding carboxylic acids is 2. The molecule has 0 fully saturated rings. The molecule has 25 heavy (non-hydrogen) atoms. The minimum absolute atomic E-state index is 0.297. The average molecular weight is 376 g/mol. The van der Waals surface area contributed by atoms with E-state index in [1.807, 2.05) is 0 Å². The molecule has 2 aromatic rings. The topological polar surface area (TPSA) is 91.5 Å². The van der Waals surface area contributed by atoms with Crippen molar-refractivity contribution in [3.05, 3.63) is 64.1 Å². The summed E-state index contributed by atoms with van der Waals surface area (Å²) in [7, 11) is 0. The Bertz CT molecular complexity index is 841. The highest BCUT2D eigenvalue weighted by Gasteiger charge is 2.14. The molecule has 0 saturated carbocycles. The van der Waals surface area contributed by atoms with Crippen LogP contribution in [0.5, 0.6) is 0 Å². The number of amides is 1. The fourth-order valence-electron chi connectivity index (χ4n) is 1.79.